The molecule has 2 aromatic rings. The molecule has 0 amide bonds. The second-order valence-electron chi connectivity index (χ2n) is 4.23. The number of hydrogen-bond acceptors (Lipinski definition) is 2. The van der Waals surface area contributed by atoms with Crippen LogP contribution in [0.1, 0.15) is 25.1 Å². The van der Waals surface area contributed by atoms with Gasteiger partial charge in [0.2, 0.25) is 0 Å². The molecule has 15 heavy (non-hydrogen) atoms. The molecule has 3 nitrogen and oxygen atoms in total. The molecule has 0 unspecified atom stereocenters. The Morgan fingerprint density at radius 1 is 1.40 bits per heavy atom. The van der Waals surface area contributed by atoms with Gasteiger partial charge in [-0.05, 0) is 31.4 Å². The number of rotatable bonds is 1. The van der Waals surface area contributed by atoms with Crippen molar-refractivity contribution < 1.29 is 4.39 Å². The molecular weight excluding hydrogens is 193 g/mol. The Labute approximate surface area is 86.7 Å². The molecule has 1 aliphatic carbocycles. The van der Waals surface area contributed by atoms with Gasteiger partial charge in [0.05, 0.1) is 17.3 Å². The molecule has 78 valence electrons. The fraction of sp³-hybridized carbons (Fsp3) is 0.364. The van der Waals surface area contributed by atoms with E-state index < -0.39 is 0 Å². The van der Waals surface area contributed by atoms with Gasteiger partial charge >= 0.3 is 0 Å². The standard InChI is InChI=1S/C11H12FN3/c12-8-2-3-9-6-14-10(15(9)7-8)11(13)4-1-5-11/h2-3,6-7H,1,4-5,13H2. The minimum atomic E-state index is -0.347. The quantitative estimate of drug-likeness (QED) is 0.771. The van der Waals surface area contributed by atoms with Crippen LogP contribution in [-0.2, 0) is 5.54 Å². The van der Waals surface area contributed by atoms with E-state index >= 15 is 0 Å². The van der Waals surface area contributed by atoms with Crippen LogP contribution < -0.4 is 5.73 Å². The van der Waals surface area contributed by atoms with Gasteiger partial charge < -0.3 is 5.73 Å². The Morgan fingerprint density at radius 3 is 2.87 bits per heavy atom. The largest absolute Gasteiger partial charge is 0.319 e. The Bertz CT molecular complexity index is 514. The van der Waals surface area contributed by atoms with Crippen LogP contribution in [0.4, 0.5) is 4.39 Å². The van der Waals surface area contributed by atoms with Crippen molar-refractivity contribution in [2.75, 3.05) is 0 Å². The summed E-state index contributed by atoms with van der Waals surface area (Å²) in [5.41, 5.74) is 6.72. The average molecular weight is 205 g/mol. The van der Waals surface area contributed by atoms with Crippen molar-refractivity contribution in [3.05, 3.63) is 36.2 Å². The van der Waals surface area contributed by atoms with Gasteiger partial charge in [0.25, 0.3) is 0 Å². The van der Waals surface area contributed by atoms with Gasteiger partial charge in [0.1, 0.15) is 11.6 Å². The van der Waals surface area contributed by atoms with Crippen LogP contribution in [0.25, 0.3) is 5.52 Å². The molecule has 0 saturated heterocycles. The summed E-state index contributed by atoms with van der Waals surface area (Å²) in [6, 6.07) is 3.15. The molecule has 0 atom stereocenters. The maximum Gasteiger partial charge on any atom is 0.139 e. The van der Waals surface area contributed by atoms with Crippen LogP contribution >= 0.6 is 0 Å². The maximum absolute atomic E-state index is 13.1. The van der Waals surface area contributed by atoms with E-state index in [1.54, 1.807) is 16.7 Å². The number of fused-ring (bicyclic) bond motifs is 1. The van der Waals surface area contributed by atoms with E-state index in [0.29, 0.717) is 0 Å². The van der Waals surface area contributed by atoms with E-state index in [9.17, 15) is 4.39 Å². The van der Waals surface area contributed by atoms with E-state index in [1.807, 2.05) is 0 Å². The number of nitrogens with zero attached hydrogens (tertiary/aromatic N) is 2. The monoisotopic (exact) mass is 205 g/mol. The van der Waals surface area contributed by atoms with Crippen LogP contribution in [0.2, 0.25) is 0 Å². The SMILES string of the molecule is NC1(c2ncc3ccc(F)cn23)CCC1. The van der Waals surface area contributed by atoms with Crippen LogP contribution in [-0.4, -0.2) is 9.38 Å². The highest BCUT2D eigenvalue weighted by atomic mass is 19.1. The van der Waals surface area contributed by atoms with Crippen molar-refractivity contribution in [1.82, 2.24) is 9.38 Å². The third-order valence-electron chi connectivity index (χ3n) is 3.18. The lowest BCUT2D eigenvalue weighted by Gasteiger charge is -2.36. The molecule has 4 heteroatoms. The summed E-state index contributed by atoms with van der Waals surface area (Å²) in [6.07, 6.45) is 6.18. The lowest BCUT2D eigenvalue weighted by Crippen LogP contribution is -2.44. The molecule has 2 aromatic heterocycles. The zero-order valence-electron chi connectivity index (χ0n) is 8.28. The van der Waals surface area contributed by atoms with Gasteiger partial charge in [-0.15, -0.1) is 0 Å². The average Bonchev–Trinajstić information content (AvgIpc) is 2.57. The highest BCUT2D eigenvalue weighted by Crippen LogP contribution is 2.37. The fourth-order valence-corrected chi connectivity index (χ4v) is 2.11. The van der Waals surface area contributed by atoms with E-state index in [0.717, 1.165) is 30.6 Å². The molecule has 1 saturated carbocycles. The Balaban J connectivity index is 2.22. The number of halogens is 1. The summed E-state index contributed by atoms with van der Waals surface area (Å²) in [4.78, 5) is 4.30. The van der Waals surface area contributed by atoms with E-state index in [1.165, 1.54) is 12.3 Å². The highest BCUT2D eigenvalue weighted by Gasteiger charge is 2.37. The molecule has 2 heterocycles. The molecule has 0 aliphatic heterocycles. The Hall–Kier alpha value is -1.42. The van der Waals surface area contributed by atoms with Gasteiger partial charge in [-0.1, -0.05) is 0 Å². The number of pyridine rings is 1. The van der Waals surface area contributed by atoms with Crippen molar-refractivity contribution in [2.45, 2.75) is 24.8 Å². The summed E-state index contributed by atoms with van der Waals surface area (Å²) in [5.74, 6) is 0.521. The fourth-order valence-electron chi connectivity index (χ4n) is 2.11. The normalized spacial score (nSPS) is 19.1. The van der Waals surface area contributed by atoms with Gasteiger partial charge in [-0.3, -0.25) is 4.40 Å². The number of hydrogen-bond donors (Lipinski definition) is 1. The molecule has 0 spiro atoms. The topological polar surface area (TPSA) is 43.3 Å². The first-order chi connectivity index (χ1) is 7.19. The first kappa shape index (κ1) is 8.85. The molecule has 0 bridgehead atoms. The van der Waals surface area contributed by atoms with Crippen molar-refractivity contribution in [2.24, 2.45) is 5.73 Å². The molecule has 3 rings (SSSR count). The van der Waals surface area contributed by atoms with E-state index in [2.05, 4.69) is 4.98 Å². The van der Waals surface area contributed by atoms with Crippen LogP contribution in [0, 0.1) is 5.82 Å². The minimum absolute atomic E-state index is 0.260. The van der Waals surface area contributed by atoms with Crippen molar-refractivity contribution in [3.63, 3.8) is 0 Å². The summed E-state index contributed by atoms with van der Waals surface area (Å²) < 4.78 is 14.9. The van der Waals surface area contributed by atoms with Gasteiger partial charge in [-0.2, -0.15) is 0 Å². The van der Waals surface area contributed by atoms with Gasteiger partial charge in [0.15, 0.2) is 0 Å². The van der Waals surface area contributed by atoms with E-state index in [-0.39, 0.29) is 11.4 Å². The predicted molar refractivity (Wildman–Crippen MR) is 54.9 cm³/mol. The van der Waals surface area contributed by atoms with Crippen LogP contribution in [0.5, 0.6) is 0 Å². The second kappa shape index (κ2) is 2.79. The van der Waals surface area contributed by atoms with Gasteiger partial charge in [-0.25, -0.2) is 9.37 Å². The van der Waals surface area contributed by atoms with Crippen LogP contribution in [0.3, 0.4) is 0 Å². The number of aromatic nitrogens is 2. The number of imidazole rings is 1. The smallest absolute Gasteiger partial charge is 0.139 e. The van der Waals surface area contributed by atoms with Crippen molar-refractivity contribution >= 4 is 5.52 Å². The minimum Gasteiger partial charge on any atom is -0.319 e. The maximum atomic E-state index is 13.1. The lowest BCUT2D eigenvalue weighted by molar-refractivity contribution is 0.237. The van der Waals surface area contributed by atoms with Crippen molar-refractivity contribution in [1.29, 1.82) is 0 Å². The zero-order chi connectivity index (χ0) is 10.5. The van der Waals surface area contributed by atoms with Crippen LogP contribution in [0.15, 0.2) is 24.5 Å². The summed E-state index contributed by atoms with van der Waals surface area (Å²) in [5, 5.41) is 0. The first-order valence-corrected chi connectivity index (χ1v) is 5.11. The molecule has 1 aliphatic rings. The molecule has 1 fully saturated rings. The lowest BCUT2D eigenvalue weighted by atomic mass is 9.77. The predicted octanol–water partition coefficient (Wildman–Crippen LogP) is 1.81. The van der Waals surface area contributed by atoms with Crippen molar-refractivity contribution in [3.8, 4) is 0 Å². The number of nitrogens with two attached hydrogens (primary N) is 1. The summed E-state index contributed by atoms with van der Waals surface area (Å²) in [7, 11) is 0. The Morgan fingerprint density at radius 2 is 2.20 bits per heavy atom. The third kappa shape index (κ3) is 1.18. The zero-order valence-corrected chi connectivity index (χ0v) is 8.28. The molecular formula is C11H12FN3. The molecule has 0 aromatic carbocycles. The summed E-state index contributed by atoms with van der Waals surface area (Å²) >= 11 is 0. The van der Waals surface area contributed by atoms with E-state index in [4.69, 9.17) is 5.73 Å². The summed E-state index contributed by atoms with van der Waals surface area (Å²) in [6.45, 7) is 0. The van der Waals surface area contributed by atoms with Gasteiger partial charge in [0, 0.05) is 6.20 Å². The first-order valence-electron chi connectivity index (χ1n) is 5.11. The molecule has 0 radical (unpaired) electrons. The highest BCUT2D eigenvalue weighted by molar-refractivity contribution is 5.46. The third-order valence-corrected chi connectivity index (χ3v) is 3.18. The second-order valence-corrected chi connectivity index (χ2v) is 4.23. The molecule has 2 N–H and O–H groups in total. The Kier molecular flexibility index (Phi) is 1.65.